The van der Waals surface area contributed by atoms with Crippen LogP contribution in [0.3, 0.4) is 0 Å². The van der Waals surface area contributed by atoms with Crippen molar-refractivity contribution in [3.63, 3.8) is 0 Å². The van der Waals surface area contributed by atoms with Gasteiger partial charge in [-0.1, -0.05) is 12.1 Å². The number of aryl methyl sites for hydroxylation is 2. The van der Waals surface area contributed by atoms with Crippen LogP contribution in [-0.2, 0) is 19.6 Å². The Morgan fingerprint density at radius 3 is 2.55 bits per heavy atom. The van der Waals surface area contributed by atoms with Gasteiger partial charge >= 0.3 is 0 Å². The average Bonchev–Trinajstić information content (AvgIpc) is 2.75. The Hall–Kier alpha value is -1.33. The van der Waals surface area contributed by atoms with Crippen LogP contribution in [0.5, 0.6) is 5.75 Å². The Balaban J connectivity index is 1.95. The van der Waals surface area contributed by atoms with E-state index in [0.717, 1.165) is 35.6 Å². The second-order valence-electron chi connectivity index (χ2n) is 4.61. The fourth-order valence-corrected chi connectivity index (χ4v) is 2.53. The number of methoxy groups -OCH3 is 1. The summed E-state index contributed by atoms with van der Waals surface area (Å²) in [6.45, 7) is 6.62. The summed E-state index contributed by atoms with van der Waals surface area (Å²) in [6.07, 6.45) is 0. The van der Waals surface area contributed by atoms with Gasteiger partial charge in [0.1, 0.15) is 5.75 Å². The van der Waals surface area contributed by atoms with Crippen LogP contribution in [0.4, 0.5) is 0 Å². The third-order valence-electron chi connectivity index (χ3n) is 3.23. The van der Waals surface area contributed by atoms with E-state index in [2.05, 4.69) is 45.4 Å². The molecule has 0 unspecified atom stereocenters. The van der Waals surface area contributed by atoms with Gasteiger partial charge in [0.05, 0.1) is 23.0 Å². The largest absolute Gasteiger partial charge is 0.497 e. The van der Waals surface area contributed by atoms with Crippen molar-refractivity contribution >= 4 is 15.9 Å². The molecule has 1 aromatic heterocycles. The van der Waals surface area contributed by atoms with Crippen LogP contribution in [0.25, 0.3) is 0 Å². The Morgan fingerprint density at radius 1 is 1.25 bits per heavy atom. The summed E-state index contributed by atoms with van der Waals surface area (Å²) < 4.78 is 8.28. The molecule has 0 aliphatic carbocycles. The monoisotopic (exact) mass is 337 g/mol. The van der Waals surface area contributed by atoms with Gasteiger partial charge < -0.3 is 10.1 Å². The molecule has 5 heteroatoms. The molecule has 0 aliphatic heterocycles. The molecule has 0 aliphatic rings. The highest BCUT2D eigenvalue weighted by Gasteiger charge is 2.11. The van der Waals surface area contributed by atoms with Crippen molar-refractivity contribution in [3.05, 3.63) is 45.7 Å². The van der Waals surface area contributed by atoms with E-state index in [0.29, 0.717) is 0 Å². The number of ether oxygens (including phenoxy) is 1. The maximum atomic E-state index is 5.15. The molecular formula is C15H20BrN3O. The number of hydrogen-bond donors (Lipinski definition) is 1. The predicted molar refractivity (Wildman–Crippen MR) is 83.9 cm³/mol. The van der Waals surface area contributed by atoms with E-state index in [4.69, 9.17) is 4.74 Å². The van der Waals surface area contributed by atoms with Crippen LogP contribution in [0.1, 0.15) is 23.9 Å². The Kier molecular flexibility index (Phi) is 5.20. The van der Waals surface area contributed by atoms with E-state index < -0.39 is 0 Å². The highest BCUT2D eigenvalue weighted by molar-refractivity contribution is 9.10. The van der Waals surface area contributed by atoms with E-state index in [-0.39, 0.29) is 0 Å². The second kappa shape index (κ2) is 6.90. The number of nitrogens with zero attached hydrogens (tertiary/aromatic N) is 2. The highest BCUT2D eigenvalue weighted by atomic mass is 79.9. The Labute approximate surface area is 128 Å². The number of nitrogens with one attached hydrogen (secondary N) is 1. The number of benzene rings is 1. The maximum absolute atomic E-state index is 5.15. The van der Waals surface area contributed by atoms with Crippen molar-refractivity contribution in [2.24, 2.45) is 0 Å². The van der Waals surface area contributed by atoms with Crippen LogP contribution in [-0.4, -0.2) is 16.9 Å². The molecule has 1 heterocycles. The molecule has 0 spiro atoms. The van der Waals surface area contributed by atoms with Gasteiger partial charge in [-0.2, -0.15) is 5.10 Å². The van der Waals surface area contributed by atoms with E-state index in [9.17, 15) is 0 Å². The zero-order valence-corrected chi connectivity index (χ0v) is 13.7. The van der Waals surface area contributed by atoms with E-state index in [1.807, 2.05) is 23.7 Å². The molecule has 0 saturated heterocycles. The molecule has 0 bridgehead atoms. The Bertz CT molecular complexity index is 563. The van der Waals surface area contributed by atoms with E-state index >= 15 is 0 Å². The molecule has 0 saturated carbocycles. The van der Waals surface area contributed by atoms with Crippen LogP contribution in [0.2, 0.25) is 0 Å². The van der Waals surface area contributed by atoms with Crippen molar-refractivity contribution < 1.29 is 4.74 Å². The minimum atomic E-state index is 0.793. The number of hydrogen-bond acceptors (Lipinski definition) is 3. The fraction of sp³-hybridized carbons (Fsp3) is 0.400. The summed E-state index contributed by atoms with van der Waals surface area (Å²) in [4.78, 5) is 0. The lowest BCUT2D eigenvalue weighted by Crippen LogP contribution is -2.16. The minimum Gasteiger partial charge on any atom is -0.497 e. The molecule has 1 aromatic carbocycles. The molecular weight excluding hydrogens is 318 g/mol. The van der Waals surface area contributed by atoms with Gasteiger partial charge in [-0.3, -0.25) is 4.68 Å². The topological polar surface area (TPSA) is 39.1 Å². The summed E-state index contributed by atoms with van der Waals surface area (Å²) in [6, 6.07) is 8.10. The smallest absolute Gasteiger partial charge is 0.118 e. The summed E-state index contributed by atoms with van der Waals surface area (Å²) >= 11 is 3.61. The van der Waals surface area contributed by atoms with Gasteiger partial charge in [-0.05, 0) is 47.5 Å². The molecule has 2 aromatic rings. The van der Waals surface area contributed by atoms with Gasteiger partial charge in [0.25, 0.3) is 0 Å². The number of halogens is 1. The average molecular weight is 338 g/mol. The van der Waals surface area contributed by atoms with Crippen LogP contribution in [0, 0.1) is 6.92 Å². The molecule has 20 heavy (non-hydrogen) atoms. The summed E-state index contributed by atoms with van der Waals surface area (Å²) in [7, 11) is 1.68. The number of aromatic nitrogens is 2. The molecule has 0 atom stereocenters. The first kappa shape index (κ1) is 15.1. The van der Waals surface area contributed by atoms with Crippen LogP contribution < -0.4 is 10.1 Å². The number of rotatable bonds is 6. The maximum Gasteiger partial charge on any atom is 0.118 e. The summed E-state index contributed by atoms with van der Waals surface area (Å²) in [5.41, 5.74) is 3.47. The van der Waals surface area contributed by atoms with Gasteiger partial charge in [-0.25, -0.2) is 0 Å². The first-order chi connectivity index (χ1) is 9.65. The Morgan fingerprint density at radius 2 is 1.95 bits per heavy atom. The standard InChI is InChI=1S/C15H20BrN3O/c1-4-19-14(15(16)11(2)18-19)10-17-9-12-5-7-13(20-3)8-6-12/h5-8,17H,4,9-10H2,1-3H3. The highest BCUT2D eigenvalue weighted by Crippen LogP contribution is 2.21. The molecule has 0 radical (unpaired) electrons. The zero-order valence-electron chi connectivity index (χ0n) is 12.1. The molecule has 1 N–H and O–H groups in total. The second-order valence-corrected chi connectivity index (χ2v) is 5.41. The fourth-order valence-electron chi connectivity index (χ4n) is 2.11. The van der Waals surface area contributed by atoms with Crippen LogP contribution in [0.15, 0.2) is 28.7 Å². The van der Waals surface area contributed by atoms with Crippen molar-refractivity contribution in [2.75, 3.05) is 7.11 Å². The van der Waals surface area contributed by atoms with Crippen molar-refractivity contribution in [2.45, 2.75) is 33.5 Å². The lowest BCUT2D eigenvalue weighted by atomic mass is 10.2. The van der Waals surface area contributed by atoms with Gasteiger partial charge in [0, 0.05) is 19.6 Å². The molecule has 0 amide bonds. The van der Waals surface area contributed by atoms with Crippen molar-refractivity contribution in [1.82, 2.24) is 15.1 Å². The first-order valence-corrected chi connectivity index (χ1v) is 7.50. The third-order valence-corrected chi connectivity index (χ3v) is 4.26. The minimum absolute atomic E-state index is 0.793. The summed E-state index contributed by atoms with van der Waals surface area (Å²) in [5.74, 6) is 0.885. The predicted octanol–water partition coefficient (Wildman–Crippen LogP) is 3.27. The third kappa shape index (κ3) is 3.41. The molecule has 4 nitrogen and oxygen atoms in total. The van der Waals surface area contributed by atoms with Gasteiger partial charge in [0.15, 0.2) is 0 Å². The SMILES string of the molecule is CCn1nc(C)c(Br)c1CNCc1ccc(OC)cc1. The van der Waals surface area contributed by atoms with Crippen molar-refractivity contribution in [3.8, 4) is 5.75 Å². The van der Waals surface area contributed by atoms with Crippen molar-refractivity contribution in [1.29, 1.82) is 0 Å². The molecule has 0 fully saturated rings. The lowest BCUT2D eigenvalue weighted by Gasteiger charge is -2.08. The zero-order chi connectivity index (χ0) is 14.5. The first-order valence-electron chi connectivity index (χ1n) is 6.71. The normalized spacial score (nSPS) is 10.8. The quantitative estimate of drug-likeness (QED) is 0.879. The molecule has 2 rings (SSSR count). The van der Waals surface area contributed by atoms with Gasteiger partial charge in [-0.15, -0.1) is 0 Å². The van der Waals surface area contributed by atoms with E-state index in [1.165, 1.54) is 11.3 Å². The summed E-state index contributed by atoms with van der Waals surface area (Å²) in [5, 5.41) is 7.94. The van der Waals surface area contributed by atoms with E-state index in [1.54, 1.807) is 7.11 Å². The lowest BCUT2D eigenvalue weighted by molar-refractivity contribution is 0.414. The molecule has 108 valence electrons. The van der Waals surface area contributed by atoms with Gasteiger partial charge in [0.2, 0.25) is 0 Å². The van der Waals surface area contributed by atoms with Crippen LogP contribution >= 0.6 is 15.9 Å².